The Morgan fingerprint density at radius 1 is 1.22 bits per heavy atom. The Kier molecular flexibility index (Phi) is 6.85. The van der Waals surface area contributed by atoms with Gasteiger partial charge in [-0.25, -0.2) is 0 Å². The first-order valence-electron chi connectivity index (χ1n) is 6.15. The van der Waals surface area contributed by atoms with Gasteiger partial charge >= 0.3 is 0 Å². The topological polar surface area (TPSA) is 45.5 Å². The summed E-state index contributed by atoms with van der Waals surface area (Å²) in [6.45, 7) is 6.11. The Hall–Kier alpha value is -1.57. The molecule has 0 aliphatic carbocycles. The minimum absolute atomic E-state index is 0.580. The Morgan fingerprint density at radius 3 is 2.61 bits per heavy atom. The molecule has 1 aromatic rings. The maximum absolute atomic E-state index is 8.93. The van der Waals surface area contributed by atoms with E-state index in [2.05, 4.69) is 17.9 Å². The number of hydrogen-bond acceptors (Lipinski definition) is 4. The number of hydrogen-bond donors (Lipinski definition) is 0. The molecule has 1 aromatic carbocycles. The molecule has 4 heteroatoms. The molecule has 0 aromatic heterocycles. The zero-order chi connectivity index (χ0) is 13.2. The highest BCUT2D eigenvalue weighted by atomic mass is 16.5. The quantitative estimate of drug-likeness (QED) is 0.705. The van der Waals surface area contributed by atoms with Crippen LogP contribution in [-0.2, 0) is 4.74 Å². The highest BCUT2D eigenvalue weighted by molar-refractivity contribution is 5.42. The number of rotatable bonds is 8. The van der Waals surface area contributed by atoms with E-state index >= 15 is 0 Å². The van der Waals surface area contributed by atoms with Crippen LogP contribution < -0.4 is 4.74 Å². The van der Waals surface area contributed by atoms with Crippen LogP contribution in [0.4, 0.5) is 0 Å². The number of para-hydroxylation sites is 1. The van der Waals surface area contributed by atoms with Crippen molar-refractivity contribution in [1.29, 1.82) is 5.26 Å². The zero-order valence-electron chi connectivity index (χ0n) is 11.1. The van der Waals surface area contributed by atoms with Gasteiger partial charge in [0.2, 0.25) is 0 Å². The van der Waals surface area contributed by atoms with E-state index in [0.717, 1.165) is 26.2 Å². The molecule has 0 fully saturated rings. The summed E-state index contributed by atoms with van der Waals surface area (Å²) >= 11 is 0. The van der Waals surface area contributed by atoms with Gasteiger partial charge in [-0.1, -0.05) is 19.1 Å². The van der Waals surface area contributed by atoms with Crippen LogP contribution >= 0.6 is 0 Å². The van der Waals surface area contributed by atoms with Gasteiger partial charge in [0.25, 0.3) is 0 Å². The van der Waals surface area contributed by atoms with Crippen molar-refractivity contribution in [3.63, 3.8) is 0 Å². The molecule has 0 N–H and O–H groups in total. The Bertz CT molecular complexity index is 388. The summed E-state index contributed by atoms with van der Waals surface area (Å²) in [7, 11) is 1.70. The van der Waals surface area contributed by atoms with E-state index in [1.54, 1.807) is 13.2 Å². The van der Waals surface area contributed by atoms with Gasteiger partial charge in [0, 0.05) is 20.2 Å². The molecule has 18 heavy (non-hydrogen) atoms. The van der Waals surface area contributed by atoms with Crippen molar-refractivity contribution in [3.05, 3.63) is 29.8 Å². The second-order valence-electron chi connectivity index (χ2n) is 3.88. The number of benzene rings is 1. The highest BCUT2D eigenvalue weighted by Crippen LogP contribution is 2.16. The lowest BCUT2D eigenvalue weighted by molar-refractivity contribution is 0.138. The highest BCUT2D eigenvalue weighted by Gasteiger charge is 2.04. The minimum atomic E-state index is 0.580. The number of methoxy groups -OCH3 is 1. The lowest BCUT2D eigenvalue weighted by Gasteiger charge is -2.20. The summed E-state index contributed by atoms with van der Waals surface area (Å²) < 4.78 is 10.7. The molecule has 0 spiro atoms. The normalized spacial score (nSPS) is 10.3. The molecule has 0 heterocycles. The third-order valence-electron chi connectivity index (χ3n) is 2.73. The van der Waals surface area contributed by atoms with Gasteiger partial charge in [-0.3, -0.25) is 4.90 Å². The monoisotopic (exact) mass is 248 g/mol. The van der Waals surface area contributed by atoms with Crippen molar-refractivity contribution in [2.45, 2.75) is 6.92 Å². The lowest BCUT2D eigenvalue weighted by atomic mass is 10.2. The van der Waals surface area contributed by atoms with Gasteiger partial charge in [-0.15, -0.1) is 0 Å². The van der Waals surface area contributed by atoms with Crippen LogP contribution in [0.5, 0.6) is 5.75 Å². The van der Waals surface area contributed by atoms with Crippen LogP contribution in [0.2, 0.25) is 0 Å². The molecule has 0 saturated carbocycles. The first-order chi connectivity index (χ1) is 8.81. The van der Waals surface area contributed by atoms with Gasteiger partial charge in [0.15, 0.2) is 0 Å². The van der Waals surface area contributed by atoms with E-state index in [4.69, 9.17) is 14.7 Å². The van der Waals surface area contributed by atoms with Crippen LogP contribution in [0.15, 0.2) is 24.3 Å². The summed E-state index contributed by atoms with van der Waals surface area (Å²) in [6.07, 6.45) is 0. The molecule has 0 unspecified atom stereocenters. The predicted molar refractivity (Wildman–Crippen MR) is 70.6 cm³/mol. The lowest BCUT2D eigenvalue weighted by Crippen LogP contribution is -2.31. The molecule has 98 valence electrons. The van der Waals surface area contributed by atoms with Crippen LogP contribution in [-0.4, -0.2) is 44.9 Å². The van der Waals surface area contributed by atoms with Crippen molar-refractivity contribution in [2.24, 2.45) is 0 Å². The van der Waals surface area contributed by atoms with Crippen molar-refractivity contribution >= 4 is 0 Å². The average Bonchev–Trinajstić information content (AvgIpc) is 2.43. The van der Waals surface area contributed by atoms with Crippen molar-refractivity contribution < 1.29 is 9.47 Å². The molecule has 4 nitrogen and oxygen atoms in total. The summed E-state index contributed by atoms with van der Waals surface area (Å²) in [5.74, 6) is 0.655. The molecular formula is C14H20N2O2. The van der Waals surface area contributed by atoms with E-state index in [1.807, 2.05) is 18.2 Å². The minimum Gasteiger partial charge on any atom is -0.491 e. The largest absolute Gasteiger partial charge is 0.491 e. The summed E-state index contributed by atoms with van der Waals surface area (Å²) in [5, 5.41) is 8.93. The van der Waals surface area contributed by atoms with Gasteiger partial charge in [-0.2, -0.15) is 5.26 Å². The second-order valence-corrected chi connectivity index (χ2v) is 3.88. The van der Waals surface area contributed by atoms with Crippen LogP contribution in [0.25, 0.3) is 0 Å². The number of ether oxygens (including phenoxy) is 2. The number of nitriles is 1. The van der Waals surface area contributed by atoms with E-state index in [0.29, 0.717) is 17.9 Å². The Morgan fingerprint density at radius 2 is 1.94 bits per heavy atom. The van der Waals surface area contributed by atoms with Gasteiger partial charge in [0.05, 0.1) is 12.2 Å². The Labute approximate surface area is 109 Å². The van der Waals surface area contributed by atoms with Gasteiger partial charge < -0.3 is 9.47 Å². The molecule has 0 bridgehead atoms. The van der Waals surface area contributed by atoms with Crippen molar-refractivity contribution in [3.8, 4) is 11.8 Å². The third kappa shape index (κ3) is 4.74. The molecule has 0 atom stereocenters. The molecule has 0 aliphatic heterocycles. The summed E-state index contributed by atoms with van der Waals surface area (Å²) in [5.41, 5.74) is 0.581. The number of likely N-dealkylation sites (N-methyl/N-ethyl adjacent to an activating group) is 1. The van der Waals surface area contributed by atoms with E-state index in [-0.39, 0.29) is 0 Å². The summed E-state index contributed by atoms with van der Waals surface area (Å²) in [6, 6.07) is 9.42. The van der Waals surface area contributed by atoms with Crippen LogP contribution in [0.1, 0.15) is 12.5 Å². The molecule has 1 rings (SSSR count). The summed E-state index contributed by atoms with van der Waals surface area (Å²) in [4.78, 5) is 2.25. The standard InChI is InChI=1S/C14H20N2O2/c1-3-16(8-10-17-2)9-11-18-14-7-5-4-6-13(14)12-15/h4-7H,3,8-11H2,1-2H3. The molecule has 0 amide bonds. The molecule has 0 radical (unpaired) electrons. The van der Waals surface area contributed by atoms with Crippen molar-refractivity contribution in [2.75, 3.05) is 40.0 Å². The predicted octanol–water partition coefficient (Wildman–Crippen LogP) is 1.91. The Balaban J connectivity index is 2.38. The number of nitrogens with zero attached hydrogens (tertiary/aromatic N) is 2. The maximum atomic E-state index is 8.93. The third-order valence-corrected chi connectivity index (χ3v) is 2.73. The first-order valence-corrected chi connectivity index (χ1v) is 6.15. The van der Waals surface area contributed by atoms with Gasteiger partial charge in [-0.05, 0) is 18.7 Å². The van der Waals surface area contributed by atoms with Crippen LogP contribution in [0, 0.1) is 11.3 Å². The van der Waals surface area contributed by atoms with Crippen LogP contribution in [0.3, 0.4) is 0 Å². The first kappa shape index (κ1) is 14.5. The molecular weight excluding hydrogens is 228 g/mol. The fraction of sp³-hybridized carbons (Fsp3) is 0.500. The maximum Gasteiger partial charge on any atom is 0.137 e. The van der Waals surface area contributed by atoms with Crippen molar-refractivity contribution in [1.82, 2.24) is 4.90 Å². The molecule has 0 aliphatic rings. The van der Waals surface area contributed by atoms with E-state index in [9.17, 15) is 0 Å². The smallest absolute Gasteiger partial charge is 0.137 e. The fourth-order valence-electron chi connectivity index (χ4n) is 1.62. The second kappa shape index (κ2) is 8.51. The van der Waals surface area contributed by atoms with Gasteiger partial charge in [0.1, 0.15) is 18.4 Å². The SMILES string of the molecule is CCN(CCOC)CCOc1ccccc1C#N. The van der Waals surface area contributed by atoms with E-state index < -0.39 is 0 Å². The average molecular weight is 248 g/mol. The molecule has 0 saturated heterocycles. The van der Waals surface area contributed by atoms with E-state index in [1.165, 1.54) is 0 Å². The fourth-order valence-corrected chi connectivity index (χ4v) is 1.62. The zero-order valence-corrected chi connectivity index (χ0v) is 11.1.